The van der Waals surface area contributed by atoms with Crippen molar-refractivity contribution in [3.8, 4) is 0 Å². The van der Waals surface area contributed by atoms with Crippen LogP contribution in [0.2, 0.25) is 0 Å². The van der Waals surface area contributed by atoms with Gasteiger partial charge in [-0.05, 0) is 37.6 Å². The van der Waals surface area contributed by atoms with Gasteiger partial charge in [0.2, 0.25) is 5.91 Å². The normalized spacial score (nSPS) is 12.6. The van der Waals surface area contributed by atoms with Crippen molar-refractivity contribution in [2.45, 2.75) is 19.9 Å². The molecule has 2 rings (SSSR count). The second kappa shape index (κ2) is 6.35. The molecule has 0 saturated carbocycles. The highest BCUT2D eigenvalue weighted by Gasteiger charge is 2.13. The third-order valence-corrected chi connectivity index (χ3v) is 3.40. The van der Waals surface area contributed by atoms with Crippen LogP contribution in [0.15, 0.2) is 36.5 Å². The molecule has 0 aliphatic heterocycles. The molecule has 0 saturated heterocycles. The van der Waals surface area contributed by atoms with Crippen LogP contribution in [0, 0.1) is 12.7 Å². The van der Waals surface area contributed by atoms with Gasteiger partial charge in [-0.15, -0.1) is 0 Å². The lowest BCUT2D eigenvalue weighted by molar-refractivity contribution is -0.117. The summed E-state index contributed by atoms with van der Waals surface area (Å²) in [6, 6.07) is 5.84. The van der Waals surface area contributed by atoms with E-state index in [1.165, 1.54) is 18.2 Å². The second-order valence-corrected chi connectivity index (χ2v) is 4.92. The Morgan fingerprint density at radius 2 is 2.05 bits per heavy atom. The number of carbonyl (C=O) groups excluding carboxylic acids is 1. The summed E-state index contributed by atoms with van der Waals surface area (Å²) in [5, 5.41) is 7.04. The molecule has 0 aliphatic carbocycles. The highest BCUT2D eigenvalue weighted by molar-refractivity contribution is 5.91. The monoisotopic (exact) mass is 287 g/mol. The van der Waals surface area contributed by atoms with Crippen molar-refractivity contribution in [2.24, 2.45) is 7.05 Å². The number of carbonyl (C=O) groups is 1. The van der Waals surface area contributed by atoms with Gasteiger partial charge in [-0.3, -0.25) is 9.48 Å². The number of halogens is 1. The van der Waals surface area contributed by atoms with E-state index in [2.05, 4.69) is 10.4 Å². The maximum atomic E-state index is 12.8. The lowest BCUT2D eigenvalue weighted by atomic mass is 10.1. The first kappa shape index (κ1) is 15.0. The van der Waals surface area contributed by atoms with E-state index >= 15 is 0 Å². The molecule has 1 atom stereocenters. The van der Waals surface area contributed by atoms with Gasteiger partial charge in [0.25, 0.3) is 0 Å². The number of nitrogens with one attached hydrogen (secondary N) is 1. The minimum atomic E-state index is -0.294. The minimum absolute atomic E-state index is 0.121. The van der Waals surface area contributed by atoms with Crippen molar-refractivity contribution in [3.63, 3.8) is 0 Å². The Hall–Kier alpha value is -2.43. The third kappa shape index (κ3) is 3.78. The smallest absolute Gasteiger partial charge is 0.244 e. The number of aromatic nitrogens is 2. The molecule has 0 fully saturated rings. The first-order chi connectivity index (χ1) is 9.97. The number of aryl methyl sites for hydroxylation is 1. The fraction of sp³-hybridized carbons (Fsp3) is 0.250. The first-order valence-electron chi connectivity index (χ1n) is 6.70. The lowest BCUT2D eigenvalue weighted by Gasteiger charge is -2.12. The topological polar surface area (TPSA) is 46.9 Å². The zero-order chi connectivity index (χ0) is 15.4. The fourth-order valence-corrected chi connectivity index (χ4v) is 2.03. The molecule has 5 heteroatoms. The average molecular weight is 287 g/mol. The Bertz CT molecular complexity index is 659. The predicted octanol–water partition coefficient (Wildman–Crippen LogP) is 2.76. The molecule has 21 heavy (non-hydrogen) atoms. The van der Waals surface area contributed by atoms with E-state index in [1.807, 2.05) is 20.9 Å². The van der Waals surface area contributed by atoms with Crippen molar-refractivity contribution in [1.82, 2.24) is 15.1 Å². The van der Waals surface area contributed by atoms with Gasteiger partial charge in [0.15, 0.2) is 0 Å². The first-order valence-corrected chi connectivity index (χ1v) is 6.70. The predicted molar refractivity (Wildman–Crippen MR) is 79.9 cm³/mol. The SMILES string of the molecule is Cc1c(C(C)NC(=O)/C=C/c2ccc(F)cc2)cnn1C. The Kier molecular flexibility index (Phi) is 4.52. The molecule has 2 aromatic rings. The maximum Gasteiger partial charge on any atom is 0.244 e. The zero-order valence-corrected chi connectivity index (χ0v) is 12.3. The van der Waals surface area contributed by atoms with E-state index in [1.54, 1.807) is 29.1 Å². The largest absolute Gasteiger partial charge is 0.346 e. The van der Waals surface area contributed by atoms with Gasteiger partial charge in [-0.25, -0.2) is 4.39 Å². The molecule has 110 valence electrons. The van der Waals surface area contributed by atoms with Crippen LogP contribution >= 0.6 is 0 Å². The van der Waals surface area contributed by atoms with Gasteiger partial charge in [0.1, 0.15) is 5.82 Å². The molecule has 1 amide bonds. The van der Waals surface area contributed by atoms with Gasteiger partial charge in [0, 0.05) is 24.4 Å². The van der Waals surface area contributed by atoms with E-state index in [-0.39, 0.29) is 17.8 Å². The van der Waals surface area contributed by atoms with Crippen LogP contribution in [0.4, 0.5) is 4.39 Å². The Labute approximate surface area is 123 Å². The van der Waals surface area contributed by atoms with Crippen molar-refractivity contribution in [3.05, 3.63) is 59.2 Å². The van der Waals surface area contributed by atoms with Gasteiger partial charge in [0.05, 0.1) is 12.2 Å². The molecular formula is C16H18FN3O. The average Bonchev–Trinajstić information content (AvgIpc) is 2.78. The van der Waals surface area contributed by atoms with Gasteiger partial charge in [-0.1, -0.05) is 12.1 Å². The quantitative estimate of drug-likeness (QED) is 0.879. The highest BCUT2D eigenvalue weighted by atomic mass is 19.1. The molecule has 1 heterocycles. The Balaban J connectivity index is 1.98. The van der Waals surface area contributed by atoms with Crippen molar-refractivity contribution >= 4 is 12.0 Å². The zero-order valence-electron chi connectivity index (χ0n) is 12.3. The molecule has 1 N–H and O–H groups in total. The van der Waals surface area contributed by atoms with Gasteiger partial charge < -0.3 is 5.32 Å². The summed E-state index contributed by atoms with van der Waals surface area (Å²) >= 11 is 0. The molecule has 0 bridgehead atoms. The number of amides is 1. The number of hydrogen-bond donors (Lipinski definition) is 1. The van der Waals surface area contributed by atoms with Crippen LogP contribution in [-0.2, 0) is 11.8 Å². The minimum Gasteiger partial charge on any atom is -0.346 e. The number of nitrogens with zero attached hydrogens (tertiary/aromatic N) is 2. The molecule has 1 aromatic carbocycles. The summed E-state index contributed by atoms with van der Waals surface area (Å²) < 4.78 is 14.5. The van der Waals surface area contributed by atoms with Crippen LogP contribution in [-0.4, -0.2) is 15.7 Å². The molecule has 1 aromatic heterocycles. The van der Waals surface area contributed by atoms with Crippen molar-refractivity contribution in [2.75, 3.05) is 0 Å². The van der Waals surface area contributed by atoms with E-state index < -0.39 is 0 Å². The van der Waals surface area contributed by atoms with Crippen molar-refractivity contribution in [1.29, 1.82) is 0 Å². The van der Waals surface area contributed by atoms with E-state index in [4.69, 9.17) is 0 Å². The van der Waals surface area contributed by atoms with E-state index in [9.17, 15) is 9.18 Å². The number of benzene rings is 1. The lowest BCUT2D eigenvalue weighted by Crippen LogP contribution is -2.24. The molecular weight excluding hydrogens is 269 g/mol. The van der Waals surface area contributed by atoms with Gasteiger partial charge >= 0.3 is 0 Å². The Morgan fingerprint density at radius 3 is 2.62 bits per heavy atom. The summed E-state index contributed by atoms with van der Waals surface area (Å²) in [5.74, 6) is -0.493. The molecule has 0 spiro atoms. The summed E-state index contributed by atoms with van der Waals surface area (Å²) in [4.78, 5) is 11.9. The Morgan fingerprint density at radius 1 is 1.38 bits per heavy atom. The van der Waals surface area contributed by atoms with Crippen molar-refractivity contribution < 1.29 is 9.18 Å². The maximum absolute atomic E-state index is 12.8. The van der Waals surface area contributed by atoms with Crippen LogP contribution < -0.4 is 5.32 Å². The van der Waals surface area contributed by atoms with Crippen LogP contribution in [0.3, 0.4) is 0 Å². The molecule has 1 unspecified atom stereocenters. The summed E-state index contributed by atoms with van der Waals surface area (Å²) in [5.41, 5.74) is 2.78. The highest BCUT2D eigenvalue weighted by Crippen LogP contribution is 2.15. The fourth-order valence-electron chi connectivity index (χ4n) is 2.03. The molecule has 0 aliphatic rings. The molecule has 0 radical (unpaired) electrons. The summed E-state index contributed by atoms with van der Waals surface area (Å²) in [6.45, 7) is 3.87. The summed E-state index contributed by atoms with van der Waals surface area (Å²) in [7, 11) is 1.86. The van der Waals surface area contributed by atoms with E-state index in [0.717, 1.165) is 16.8 Å². The molecule has 4 nitrogen and oxygen atoms in total. The standard InChI is InChI=1S/C16H18FN3O/c1-11(15-10-18-20(3)12(15)2)19-16(21)9-6-13-4-7-14(17)8-5-13/h4-11H,1-3H3,(H,19,21)/b9-6+. The van der Waals surface area contributed by atoms with E-state index in [0.29, 0.717) is 0 Å². The van der Waals surface area contributed by atoms with Crippen LogP contribution in [0.1, 0.15) is 29.8 Å². The van der Waals surface area contributed by atoms with Crippen LogP contribution in [0.5, 0.6) is 0 Å². The number of rotatable bonds is 4. The third-order valence-electron chi connectivity index (χ3n) is 3.40. The number of hydrogen-bond acceptors (Lipinski definition) is 2. The second-order valence-electron chi connectivity index (χ2n) is 4.92. The van der Waals surface area contributed by atoms with Crippen LogP contribution in [0.25, 0.3) is 6.08 Å². The summed E-state index contributed by atoms with van der Waals surface area (Å²) in [6.07, 6.45) is 4.84. The van der Waals surface area contributed by atoms with Gasteiger partial charge in [-0.2, -0.15) is 5.10 Å².